The van der Waals surface area contributed by atoms with Crippen LogP contribution in [0.5, 0.6) is 0 Å². The molecule has 0 fully saturated rings. The van der Waals surface area contributed by atoms with E-state index in [1.54, 1.807) is 14.2 Å². The van der Waals surface area contributed by atoms with Crippen LogP contribution in [0.4, 0.5) is 0 Å². The fraction of sp³-hybridized carbons (Fsp3) is 0.857. The van der Waals surface area contributed by atoms with Gasteiger partial charge >= 0.3 is 9.53 Å². The number of hydrogen-bond donors (Lipinski definition) is 0. The average molecular weight is 274 g/mol. The van der Waals surface area contributed by atoms with Crippen molar-refractivity contribution in [3.05, 3.63) is 12.2 Å². The van der Waals surface area contributed by atoms with E-state index in [2.05, 4.69) is 26.0 Å². The lowest BCUT2D eigenvalue weighted by atomic mass is 10.1. The van der Waals surface area contributed by atoms with Gasteiger partial charge < -0.3 is 13.3 Å². The Hall–Kier alpha value is -0.163. The lowest BCUT2D eigenvalue weighted by molar-refractivity contribution is 0.102. The molecule has 0 N–H and O–H groups in total. The lowest BCUT2D eigenvalue weighted by Gasteiger charge is -2.19. The molecule has 0 aromatic heterocycles. The van der Waals surface area contributed by atoms with Gasteiger partial charge in [0.2, 0.25) is 0 Å². The van der Waals surface area contributed by atoms with Gasteiger partial charge in [0.25, 0.3) is 0 Å². The third kappa shape index (κ3) is 9.83. The van der Waals surface area contributed by atoms with E-state index in [0.29, 0.717) is 0 Å². The van der Waals surface area contributed by atoms with Crippen molar-refractivity contribution in [3.8, 4) is 0 Å². The summed E-state index contributed by atoms with van der Waals surface area (Å²) in [5.41, 5.74) is 0. The molecule has 1 unspecified atom stereocenters. The highest BCUT2D eigenvalue weighted by atomic mass is 28.3. The first-order chi connectivity index (χ1) is 8.78. The van der Waals surface area contributed by atoms with Gasteiger partial charge in [-0.05, 0) is 12.8 Å². The van der Waals surface area contributed by atoms with E-state index in [1.165, 1.54) is 32.1 Å². The monoisotopic (exact) mass is 274 g/mol. The smallest absolute Gasteiger partial charge is 0.379 e. The quantitative estimate of drug-likeness (QED) is 0.308. The second kappa shape index (κ2) is 13.3. The van der Waals surface area contributed by atoms with Gasteiger partial charge in [0.05, 0.1) is 6.10 Å². The predicted molar refractivity (Wildman–Crippen MR) is 78.8 cm³/mol. The van der Waals surface area contributed by atoms with Gasteiger partial charge in [-0.15, -0.1) is 0 Å². The number of unbranched alkanes of at least 4 members (excludes halogenated alkanes) is 4. The van der Waals surface area contributed by atoms with Gasteiger partial charge in [-0.25, -0.2) is 0 Å². The van der Waals surface area contributed by atoms with Crippen LogP contribution in [-0.2, 0) is 13.3 Å². The Kier molecular flexibility index (Phi) is 13.2. The minimum atomic E-state index is -1.91. The van der Waals surface area contributed by atoms with Crippen LogP contribution in [-0.4, -0.2) is 29.9 Å². The molecule has 0 spiro atoms. The fourth-order valence-corrected chi connectivity index (χ4v) is 2.65. The molecule has 0 aliphatic rings. The van der Waals surface area contributed by atoms with Crippen LogP contribution in [0.2, 0.25) is 0 Å². The van der Waals surface area contributed by atoms with Gasteiger partial charge in [0, 0.05) is 14.2 Å². The molecule has 3 nitrogen and oxygen atoms in total. The van der Waals surface area contributed by atoms with Crippen LogP contribution < -0.4 is 0 Å². The molecule has 0 saturated heterocycles. The summed E-state index contributed by atoms with van der Waals surface area (Å²) in [4.78, 5) is 0. The third-order valence-electron chi connectivity index (χ3n) is 2.84. The van der Waals surface area contributed by atoms with E-state index in [-0.39, 0.29) is 6.10 Å². The fourth-order valence-electron chi connectivity index (χ4n) is 1.73. The highest BCUT2D eigenvalue weighted by Gasteiger charge is 2.16. The Morgan fingerprint density at radius 2 is 1.67 bits per heavy atom. The van der Waals surface area contributed by atoms with E-state index in [9.17, 15) is 0 Å². The second-order valence-corrected chi connectivity index (χ2v) is 6.29. The summed E-state index contributed by atoms with van der Waals surface area (Å²) in [5.74, 6) is 0. The Morgan fingerprint density at radius 1 is 1.00 bits per heavy atom. The molecule has 0 saturated carbocycles. The van der Waals surface area contributed by atoms with E-state index in [1.807, 2.05) is 0 Å². The summed E-state index contributed by atoms with van der Waals surface area (Å²) < 4.78 is 16.3. The molecule has 0 bridgehead atoms. The maximum atomic E-state index is 5.88. The average Bonchev–Trinajstić information content (AvgIpc) is 2.40. The van der Waals surface area contributed by atoms with Crippen LogP contribution in [0.25, 0.3) is 0 Å². The third-order valence-corrected chi connectivity index (χ3v) is 4.18. The molecule has 0 rings (SSSR count). The zero-order valence-electron chi connectivity index (χ0n) is 12.5. The molecule has 0 aliphatic carbocycles. The molecule has 108 valence electrons. The van der Waals surface area contributed by atoms with Crippen molar-refractivity contribution < 1.29 is 13.3 Å². The minimum Gasteiger partial charge on any atom is -0.379 e. The number of rotatable bonds is 12. The van der Waals surface area contributed by atoms with Crippen molar-refractivity contribution >= 4 is 9.53 Å². The normalized spacial score (nSPS) is 13.6. The first-order valence-corrected chi connectivity index (χ1v) is 8.57. The van der Waals surface area contributed by atoms with Crippen molar-refractivity contribution in [1.29, 1.82) is 0 Å². The predicted octanol–water partition coefficient (Wildman–Crippen LogP) is 3.71. The van der Waals surface area contributed by atoms with E-state index < -0.39 is 9.53 Å². The minimum absolute atomic E-state index is 0.157. The molecule has 0 amide bonds. The van der Waals surface area contributed by atoms with Crippen LogP contribution in [0.15, 0.2) is 12.2 Å². The summed E-state index contributed by atoms with van der Waals surface area (Å²) in [6.07, 6.45) is 12.9. The van der Waals surface area contributed by atoms with Gasteiger partial charge in [-0.2, -0.15) is 0 Å². The largest absolute Gasteiger partial charge is 0.484 e. The van der Waals surface area contributed by atoms with Crippen LogP contribution in [0.1, 0.15) is 58.8 Å². The van der Waals surface area contributed by atoms with Gasteiger partial charge in [-0.3, -0.25) is 0 Å². The van der Waals surface area contributed by atoms with E-state index in [0.717, 1.165) is 12.8 Å². The van der Waals surface area contributed by atoms with Crippen LogP contribution >= 0.6 is 0 Å². The maximum Gasteiger partial charge on any atom is 0.484 e. The standard InChI is InChI=1S/C14H30O3Si/c1-5-7-9-11-13-14(12-10-8-6-2)17-18(15-3)16-4/h11,13-14,18H,5-10,12H2,1-4H3. The van der Waals surface area contributed by atoms with E-state index >= 15 is 0 Å². The second-order valence-electron chi connectivity index (χ2n) is 4.50. The molecule has 18 heavy (non-hydrogen) atoms. The van der Waals surface area contributed by atoms with Gasteiger partial charge in [0.1, 0.15) is 0 Å². The molecule has 1 atom stereocenters. The van der Waals surface area contributed by atoms with Crippen molar-refractivity contribution in [2.75, 3.05) is 14.2 Å². The Labute approximate surface area is 114 Å². The summed E-state index contributed by atoms with van der Waals surface area (Å²) in [5, 5.41) is 0. The van der Waals surface area contributed by atoms with Crippen molar-refractivity contribution in [3.63, 3.8) is 0 Å². The number of hydrogen-bond acceptors (Lipinski definition) is 3. The molecule has 0 heterocycles. The molecule has 0 radical (unpaired) electrons. The zero-order valence-corrected chi connectivity index (χ0v) is 13.6. The summed E-state index contributed by atoms with van der Waals surface area (Å²) in [7, 11) is 1.40. The highest BCUT2D eigenvalue weighted by Crippen LogP contribution is 2.11. The highest BCUT2D eigenvalue weighted by molar-refractivity contribution is 6.36. The van der Waals surface area contributed by atoms with Crippen molar-refractivity contribution in [2.45, 2.75) is 64.9 Å². The molecule has 0 aliphatic heterocycles. The SMILES string of the molecule is CCCCC=CC(CCCCC)O[SiH](OC)OC. The van der Waals surface area contributed by atoms with Crippen molar-refractivity contribution in [1.82, 2.24) is 0 Å². The molecular formula is C14H30O3Si. The summed E-state index contributed by atoms with van der Waals surface area (Å²) in [6, 6.07) is 0. The Bertz CT molecular complexity index is 193. The van der Waals surface area contributed by atoms with Gasteiger partial charge in [0.15, 0.2) is 0 Å². The Balaban J connectivity index is 4.09. The maximum absolute atomic E-state index is 5.88. The molecular weight excluding hydrogens is 244 g/mol. The first kappa shape index (κ1) is 17.8. The number of allylic oxidation sites excluding steroid dienone is 1. The summed E-state index contributed by atoms with van der Waals surface area (Å²) in [6.45, 7) is 4.43. The molecule has 0 aromatic rings. The zero-order chi connectivity index (χ0) is 13.6. The molecule has 0 aromatic carbocycles. The van der Waals surface area contributed by atoms with E-state index in [4.69, 9.17) is 13.3 Å². The van der Waals surface area contributed by atoms with Crippen molar-refractivity contribution in [2.24, 2.45) is 0 Å². The summed E-state index contributed by atoms with van der Waals surface area (Å²) >= 11 is 0. The lowest BCUT2D eigenvalue weighted by Crippen LogP contribution is -2.29. The van der Waals surface area contributed by atoms with Crippen LogP contribution in [0.3, 0.4) is 0 Å². The van der Waals surface area contributed by atoms with Gasteiger partial charge in [-0.1, -0.05) is 58.1 Å². The Morgan fingerprint density at radius 3 is 2.22 bits per heavy atom. The topological polar surface area (TPSA) is 27.7 Å². The van der Waals surface area contributed by atoms with Crippen LogP contribution in [0, 0.1) is 0 Å². The molecule has 4 heteroatoms. The first-order valence-electron chi connectivity index (χ1n) is 7.16.